The van der Waals surface area contributed by atoms with Crippen molar-refractivity contribution in [2.75, 3.05) is 6.54 Å². The summed E-state index contributed by atoms with van der Waals surface area (Å²) in [7, 11) is -4.23. The Morgan fingerprint density at radius 2 is 1.90 bits per heavy atom. The maximum Gasteiger partial charge on any atom is 0.417 e. The third-order valence-corrected chi connectivity index (χ3v) is 5.30. The Morgan fingerprint density at radius 3 is 2.52 bits per heavy atom. The highest BCUT2D eigenvalue weighted by atomic mass is 32.2. The summed E-state index contributed by atoms with van der Waals surface area (Å²) in [6.45, 7) is 0.314. The minimum Gasteiger partial charge on any atom is -0.330 e. The molecule has 2 atom stereocenters. The van der Waals surface area contributed by atoms with E-state index in [0.717, 1.165) is 25.0 Å². The maximum atomic E-state index is 12.9. The van der Waals surface area contributed by atoms with E-state index in [4.69, 9.17) is 5.73 Å². The zero-order chi connectivity index (χ0) is 15.7. The standard InChI is InChI=1S/C13H17F3N2O2S/c14-13(15,16)10-5-1-2-7-12(10)21(19,20)18-11-6-3-4-9(11)8-17/h1-2,5,7,9,11,18H,3-4,6,8,17H2/t9-,11-/m0/s1. The molecule has 0 heterocycles. The summed E-state index contributed by atoms with van der Waals surface area (Å²) in [4.78, 5) is -0.736. The molecule has 3 N–H and O–H groups in total. The van der Waals surface area contributed by atoms with Gasteiger partial charge in [-0.25, -0.2) is 13.1 Å². The van der Waals surface area contributed by atoms with Crippen molar-refractivity contribution in [3.05, 3.63) is 29.8 Å². The van der Waals surface area contributed by atoms with Crippen LogP contribution >= 0.6 is 0 Å². The van der Waals surface area contributed by atoms with Crippen molar-refractivity contribution >= 4 is 10.0 Å². The van der Waals surface area contributed by atoms with Crippen LogP contribution in [-0.2, 0) is 16.2 Å². The van der Waals surface area contributed by atoms with Gasteiger partial charge in [0.2, 0.25) is 10.0 Å². The van der Waals surface area contributed by atoms with Crippen molar-refractivity contribution in [3.8, 4) is 0 Å². The van der Waals surface area contributed by atoms with E-state index >= 15 is 0 Å². The predicted molar refractivity (Wildman–Crippen MR) is 71.9 cm³/mol. The van der Waals surface area contributed by atoms with Crippen molar-refractivity contribution in [3.63, 3.8) is 0 Å². The van der Waals surface area contributed by atoms with Crippen LogP contribution in [0.3, 0.4) is 0 Å². The molecule has 0 aliphatic heterocycles. The fourth-order valence-corrected chi connectivity index (χ4v) is 4.24. The lowest BCUT2D eigenvalue weighted by Crippen LogP contribution is -2.40. The van der Waals surface area contributed by atoms with Gasteiger partial charge in [-0.1, -0.05) is 18.6 Å². The molecule has 1 aromatic rings. The number of nitrogens with one attached hydrogen (secondary N) is 1. The van der Waals surface area contributed by atoms with Crippen molar-refractivity contribution in [2.45, 2.75) is 36.4 Å². The van der Waals surface area contributed by atoms with Crippen LogP contribution in [0.2, 0.25) is 0 Å². The molecule has 1 aliphatic rings. The molecular weight excluding hydrogens is 305 g/mol. The summed E-state index contributed by atoms with van der Waals surface area (Å²) < 4.78 is 65.7. The molecule has 1 aliphatic carbocycles. The van der Waals surface area contributed by atoms with Gasteiger partial charge in [-0.2, -0.15) is 13.2 Å². The average molecular weight is 322 g/mol. The lowest BCUT2D eigenvalue weighted by Gasteiger charge is -2.21. The Balaban J connectivity index is 2.32. The Kier molecular flexibility index (Phi) is 4.60. The number of alkyl halides is 3. The van der Waals surface area contributed by atoms with E-state index in [1.807, 2.05) is 0 Å². The first-order valence-electron chi connectivity index (χ1n) is 6.64. The van der Waals surface area contributed by atoms with Gasteiger partial charge in [0.05, 0.1) is 10.5 Å². The van der Waals surface area contributed by atoms with E-state index in [1.165, 1.54) is 12.1 Å². The van der Waals surface area contributed by atoms with Gasteiger partial charge in [0.1, 0.15) is 0 Å². The monoisotopic (exact) mass is 322 g/mol. The van der Waals surface area contributed by atoms with Crippen molar-refractivity contribution in [2.24, 2.45) is 11.7 Å². The smallest absolute Gasteiger partial charge is 0.330 e. The Morgan fingerprint density at radius 1 is 1.24 bits per heavy atom. The van der Waals surface area contributed by atoms with Crippen LogP contribution in [0.25, 0.3) is 0 Å². The van der Waals surface area contributed by atoms with Gasteiger partial charge in [-0.05, 0) is 37.4 Å². The number of hydrogen-bond donors (Lipinski definition) is 2. The van der Waals surface area contributed by atoms with Gasteiger partial charge in [-0.15, -0.1) is 0 Å². The van der Waals surface area contributed by atoms with E-state index < -0.39 is 32.7 Å². The normalized spacial score (nSPS) is 23.4. The number of rotatable bonds is 4. The quantitative estimate of drug-likeness (QED) is 0.892. The number of halogens is 3. The highest BCUT2D eigenvalue weighted by Crippen LogP contribution is 2.34. The minimum absolute atomic E-state index is 0.0298. The summed E-state index contributed by atoms with van der Waals surface area (Å²) in [5.41, 5.74) is 4.41. The highest BCUT2D eigenvalue weighted by Gasteiger charge is 2.38. The van der Waals surface area contributed by atoms with Crippen molar-refractivity contribution < 1.29 is 21.6 Å². The molecule has 1 saturated carbocycles. The fraction of sp³-hybridized carbons (Fsp3) is 0.538. The third kappa shape index (κ3) is 3.56. The summed E-state index contributed by atoms with van der Waals surface area (Å²) >= 11 is 0. The third-order valence-electron chi connectivity index (χ3n) is 3.75. The van der Waals surface area contributed by atoms with Crippen LogP contribution in [0.5, 0.6) is 0 Å². The predicted octanol–water partition coefficient (Wildman–Crippen LogP) is 2.11. The maximum absolute atomic E-state index is 12.9. The molecule has 0 unspecified atom stereocenters. The number of hydrogen-bond acceptors (Lipinski definition) is 3. The first-order chi connectivity index (χ1) is 9.75. The Bertz CT molecular complexity index is 602. The molecule has 0 amide bonds. The summed E-state index contributed by atoms with van der Waals surface area (Å²) in [5.74, 6) is -0.0298. The average Bonchev–Trinajstić information content (AvgIpc) is 2.84. The molecule has 0 radical (unpaired) electrons. The molecule has 2 rings (SSSR count). The highest BCUT2D eigenvalue weighted by molar-refractivity contribution is 7.89. The largest absolute Gasteiger partial charge is 0.417 e. The molecule has 0 aromatic heterocycles. The van der Waals surface area contributed by atoms with Crippen LogP contribution in [0.15, 0.2) is 29.2 Å². The van der Waals surface area contributed by atoms with Crippen LogP contribution in [0.4, 0.5) is 13.2 Å². The topological polar surface area (TPSA) is 72.2 Å². The first-order valence-corrected chi connectivity index (χ1v) is 8.12. The summed E-state index contributed by atoms with van der Waals surface area (Å²) in [5, 5.41) is 0. The molecular formula is C13H17F3N2O2S. The zero-order valence-electron chi connectivity index (χ0n) is 11.2. The number of benzene rings is 1. The number of sulfonamides is 1. The molecule has 4 nitrogen and oxygen atoms in total. The Hall–Kier alpha value is -1.12. The van der Waals surface area contributed by atoms with Crippen molar-refractivity contribution in [1.29, 1.82) is 0 Å². The molecule has 0 saturated heterocycles. The van der Waals surface area contributed by atoms with E-state index in [1.54, 1.807) is 0 Å². The van der Waals surface area contributed by atoms with E-state index in [0.29, 0.717) is 13.0 Å². The van der Waals surface area contributed by atoms with Gasteiger partial charge in [0.25, 0.3) is 0 Å². The van der Waals surface area contributed by atoms with E-state index in [2.05, 4.69) is 4.72 Å². The second-order valence-electron chi connectivity index (χ2n) is 5.15. The van der Waals surface area contributed by atoms with Gasteiger partial charge in [0, 0.05) is 6.04 Å². The lowest BCUT2D eigenvalue weighted by molar-refractivity contribution is -0.139. The molecule has 0 spiro atoms. The molecule has 118 valence electrons. The Labute approximate surface area is 121 Å². The SMILES string of the molecule is NC[C@@H]1CCC[C@@H]1NS(=O)(=O)c1ccccc1C(F)(F)F. The first kappa shape index (κ1) is 16.3. The van der Waals surface area contributed by atoms with Crippen LogP contribution < -0.4 is 10.5 Å². The van der Waals surface area contributed by atoms with E-state index in [9.17, 15) is 21.6 Å². The zero-order valence-corrected chi connectivity index (χ0v) is 12.0. The second-order valence-corrected chi connectivity index (χ2v) is 6.83. The van der Waals surface area contributed by atoms with Gasteiger partial charge in [-0.3, -0.25) is 0 Å². The molecule has 1 aromatic carbocycles. The summed E-state index contributed by atoms with van der Waals surface area (Å²) in [6.07, 6.45) is -2.52. The van der Waals surface area contributed by atoms with Gasteiger partial charge >= 0.3 is 6.18 Å². The van der Waals surface area contributed by atoms with Crippen LogP contribution in [0, 0.1) is 5.92 Å². The molecule has 0 bridgehead atoms. The molecule has 8 heteroatoms. The second kappa shape index (κ2) is 5.94. The molecule has 1 fully saturated rings. The van der Waals surface area contributed by atoms with E-state index in [-0.39, 0.29) is 5.92 Å². The molecule has 21 heavy (non-hydrogen) atoms. The lowest BCUT2D eigenvalue weighted by atomic mass is 10.1. The van der Waals surface area contributed by atoms with Gasteiger partial charge in [0.15, 0.2) is 0 Å². The number of nitrogens with two attached hydrogens (primary N) is 1. The minimum atomic E-state index is -4.71. The fourth-order valence-electron chi connectivity index (χ4n) is 2.67. The summed E-state index contributed by atoms with van der Waals surface area (Å²) in [6, 6.07) is 3.78. The van der Waals surface area contributed by atoms with Gasteiger partial charge < -0.3 is 5.73 Å². The van der Waals surface area contributed by atoms with Crippen LogP contribution in [-0.4, -0.2) is 21.0 Å². The van der Waals surface area contributed by atoms with Crippen molar-refractivity contribution in [1.82, 2.24) is 4.72 Å². The van der Waals surface area contributed by atoms with Crippen LogP contribution in [0.1, 0.15) is 24.8 Å².